The van der Waals surface area contributed by atoms with Crippen LogP contribution in [0, 0.1) is 6.92 Å². The fourth-order valence-electron chi connectivity index (χ4n) is 3.92. The molecule has 5 N–H and O–H groups in total. The van der Waals surface area contributed by atoms with Crippen molar-refractivity contribution >= 4 is 17.4 Å². The Morgan fingerprint density at radius 2 is 2.03 bits per heavy atom. The molecule has 0 aliphatic heterocycles. The van der Waals surface area contributed by atoms with Gasteiger partial charge in [-0.15, -0.1) is 0 Å². The van der Waals surface area contributed by atoms with Gasteiger partial charge < -0.3 is 30.5 Å². The van der Waals surface area contributed by atoms with Crippen molar-refractivity contribution in [1.82, 2.24) is 40.0 Å². The van der Waals surface area contributed by atoms with E-state index >= 15 is 0 Å². The highest BCUT2D eigenvalue weighted by molar-refractivity contribution is 5.97. The summed E-state index contributed by atoms with van der Waals surface area (Å²) in [6.45, 7) is 3.28. The van der Waals surface area contributed by atoms with E-state index in [1.165, 1.54) is 0 Å². The zero-order chi connectivity index (χ0) is 25.8. The predicted octanol–water partition coefficient (Wildman–Crippen LogP) is 2.60. The Balaban J connectivity index is 1.48. The summed E-state index contributed by atoms with van der Waals surface area (Å²) in [5.41, 5.74) is 11.2. The molecular weight excluding hydrogens is 470 g/mol. The molecule has 0 unspecified atom stereocenters. The number of anilines is 1. The van der Waals surface area contributed by atoms with E-state index in [1.807, 2.05) is 54.9 Å². The van der Waals surface area contributed by atoms with E-state index in [2.05, 4.69) is 30.6 Å². The molecule has 5 heterocycles. The number of aromatic amines is 1. The van der Waals surface area contributed by atoms with Crippen LogP contribution in [0.5, 0.6) is 5.75 Å². The highest BCUT2D eigenvalue weighted by Crippen LogP contribution is 2.30. The molecule has 11 heteroatoms. The molecule has 0 radical (unpaired) electrons. The molecule has 11 nitrogen and oxygen atoms in total. The maximum Gasteiger partial charge on any atom is 0.274 e. The molecule has 0 atom stereocenters. The van der Waals surface area contributed by atoms with Gasteiger partial charge in [0.1, 0.15) is 35.1 Å². The summed E-state index contributed by atoms with van der Waals surface area (Å²) in [5, 5.41) is 5.88. The van der Waals surface area contributed by atoms with Gasteiger partial charge in [-0.3, -0.25) is 9.78 Å². The van der Waals surface area contributed by atoms with Crippen LogP contribution in [0.3, 0.4) is 0 Å². The van der Waals surface area contributed by atoms with Crippen LogP contribution in [0.1, 0.15) is 21.9 Å². The molecule has 5 aromatic rings. The van der Waals surface area contributed by atoms with Crippen LogP contribution >= 0.6 is 0 Å². The lowest BCUT2D eigenvalue weighted by molar-refractivity contribution is 0.0946. The molecule has 5 aromatic heterocycles. The lowest BCUT2D eigenvalue weighted by Gasteiger charge is -2.14. The summed E-state index contributed by atoms with van der Waals surface area (Å²) < 4.78 is 7.73. The standard InChI is InChI=1S/C26H27N9O2/c1-16-13-31-21-8-7-17(15-35(16)21)22-23(18-5-3-9-29-18)34-25(27)24(33-22)26(36)32-14-19-20(6-4-10-30-19)37-12-11-28-2/h3-10,13,15,28-29H,11-12,14H2,1-2H3,(H2,27,34)(H,32,36). The highest BCUT2D eigenvalue weighted by Gasteiger charge is 2.21. The number of amides is 1. The van der Waals surface area contributed by atoms with E-state index in [9.17, 15) is 4.79 Å². The number of nitrogens with two attached hydrogens (primary N) is 1. The van der Waals surface area contributed by atoms with E-state index in [-0.39, 0.29) is 18.1 Å². The number of pyridine rings is 2. The number of nitrogens with zero attached hydrogens (tertiary/aromatic N) is 5. The first kappa shape index (κ1) is 23.9. The van der Waals surface area contributed by atoms with Crippen molar-refractivity contribution in [2.24, 2.45) is 0 Å². The molecule has 0 fully saturated rings. The van der Waals surface area contributed by atoms with Crippen molar-refractivity contribution in [3.8, 4) is 28.4 Å². The number of aryl methyl sites for hydroxylation is 1. The second-order valence-electron chi connectivity index (χ2n) is 8.37. The molecule has 37 heavy (non-hydrogen) atoms. The minimum absolute atomic E-state index is 0.0252. The first-order chi connectivity index (χ1) is 18.0. The van der Waals surface area contributed by atoms with Crippen LogP contribution in [0.4, 0.5) is 5.82 Å². The number of ether oxygens (including phenoxy) is 1. The number of likely N-dealkylation sites (N-methyl/N-ethyl adjacent to an activating group) is 1. The molecule has 0 bridgehead atoms. The number of hydrogen-bond donors (Lipinski definition) is 4. The number of carbonyl (C=O) groups is 1. The average molecular weight is 498 g/mol. The Bertz CT molecular complexity index is 1540. The Hall–Kier alpha value is -4.77. The van der Waals surface area contributed by atoms with Gasteiger partial charge in [0, 0.05) is 42.6 Å². The normalized spacial score (nSPS) is 11.1. The first-order valence-electron chi connectivity index (χ1n) is 11.8. The number of rotatable bonds is 9. The first-order valence-corrected chi connectivity index (χ1v) is 11.8. The van der Waals surface area contributed by atoms with E-state index < -0.39 is 5.91 Å². The lowest BCUT2D eigenvalue weighted by atomic mass is 10.1. The van der Waals surface area contributed by atoms with Gasteiger partial charge >= 0.3 is 0 Å². The molecule has 0 aromatic carbocycles. The zero-order valence-corrected chi connectivity index (χ0v) is 20.5. The SMILES string of the molecule is CNCCOc1cccnc1CNC(=O)c1nc(-c2ccc3ncc(C)n3c2)c(-c2ccc[nH]2)nc1N. The van der Waals surface area contributed by atoms with Crippen molar-refractivity contribution in [2.75, 3.05) is 25.9 Å². The number of carbonyl (C=O) groups excluding carboxylic acids is 1. The molecule has 0 aliphatic carbocycles. The van der Waals surface area contributed by atoms with Gasteiger partial charge in [0.25, 0.3) is 5.91 Å². The van der Waals surface area contributed by atoms with Crippen LogP contribution in [0.25, 0.3) is 28.3 Å². The van der Waals surface area contributed by atoms with Crippen molar-refractivity contribution < 1.29 is 9.53 Å². The summed E-state index contributed by atoms with van der Waals surface area (Å²) in [5.74, 6) is 0.164. The summed E-state index contributed by atoms with van der Waals surface area (Å²) in [7, 11) is 1.85. The monoisotopic (exact) mass is 497 g/mol. The van der Waals surface area contributed by atoms with Crippen LogP contribution in [-0.4, -0.2) is 55.4 Å². The predicted molar refractivity (Wildman–Crippen MR) is 140 cm³/mol. The molecule has 5 rings (SSSR count). The van der Waals surface area contributed by atoms with Gasteiger partial charge in [-0.1, -0.05) is 0 Å². The molecule has 0 aliphatic rings. The van der Waals surface area contributed by atoms with E-state index in [4.69, 9.17) is 15.5 Å². The second-order valence-corrected chi connectivity index (χ2v) is 8.37. The third-order valence-electron chi connectivity index (χ3n) is 5.83. The van der Waals surface area contributed by atoms with E-state index in [1.54, 1.807) is 24.7 Å². The number of fused-ring (bicyclic) bond motifs is 1. The van der Waals surface area contributed by atoms with Gasteiger partial charge in [-0.25, -0.2) is 15.0 Å². The fourth-order valence-corrected chi connectivity index (χ4v) is 3.92. The summed E-state index contributed by atoms with van der Waals surface area (Å²) in [6.07, 6.45) is 7.17. The van der Waals surface area contributed by atoms with Crippen molar-refractivity contribution in [3.05, 3.63) is 78.3 Å². The number of H-pyrrole nitrogens is 1. The van der Waals surface area contributed by atoms with E-state index in [0.29, 0.717) is 36.0 Å². The minimum Gasteiger partial charge on any atom is -0.490 e. The summed E-state index contributed by atoms with van der Waals surface area (Å²) >= 11 is 0. The van der Waals surface area contributed by atoms with Crippen molar-refractivity contribution in [3.63, 3.8) is 0 Å². The largest absolute Gasteiger partial charge is 0.490 e. The Morgan fingerprint density at radius 3 is 2.84 bits per heavy atom. The topological polar surface area (TPSA) is 148 Å². The number of hydrogen-bond acceptors (Lipinski definition) is 8. The maximum absolute atomic E-state index is 13.2. The molecule has 0 saturated heterocycles. The van der Waals surface area contributed by atoms with Crippen molar-refractivity contribution in [2.45, 2.75) is 13.5 Å². The molecule has 1 amide bonds. The fraction of sp³-hybridized carbons (Fsp3) is 0.192. The average Bonchev–Trinajstić information content (AvgIpc) is 3.58. The molecule has 0 spiro atoms. The number of aromatic nitrogens is 6. The molecular formula is C26H27N9O2. The summed E-state index contributed by atoms with van der Waals surface area (Å²) in [4.78, 5) is 34.4. The second kappa shape index (κ2) is 10.5. The molecule has 0 saturated carbocycles. The number of nitrogens with one attached hydrogen (secondary N) is 3. The highest BCUT2D eigenvalue weighted by atomic mass is 16.5. The van der Waals surface area contributed by atoms with Crippen LogP contribution in [0.15, 0.2) is 61.2 Å². The van der Waals surface area contributed by atoms with Crippen LogP contribution in [-0.2, 0) is 6.54 Å². The van der Waals surface area contributed by atoms with E-state index in [0.717, 1.165) is 22.6 Å². The van der Waals surface area contributed by atoms with Crippen LogP contribution in [0.2, 0.25) is 0 Å². The molecule has 188 valence electrons. The number of imidazole rings is 1. The third kappa shape index (κ3) is 4.98. The summed E-state index contributed by atoms with van der Waals surface area (Å²) in [6, 6.07) is 11.1. The Labute approximate surface area is 213 Å². The number of nitrogen functional groups attached to an aromatic ring is 1. The van der Waals surface area contributed by atoms with Gasteiger partial charge in [-0.2, -0.15) is 0 Å². The van der Waals surface area contributed by atoms with Crippen molar-refractivity contribution in [1.29, 1.82) is 0 Å². The van der Waals surface area contributed by atoms with Gasteiger partial charge in [0.05, 0.1) is 12.2 Å². The minimum atomic E-state index is -0.462. The van der Waals surface area contributed by atoms with Gasteiger partial charge in [0.2, 0.25) is 0 Å². The van der Waals surface area contributed by atoms with Crippen LogP contribution < -0.4 is 21.1 Å². The maximum atomic E-state index is 13.2. The zero-order valence-electron chi connectivity index (χ0n) is 20.5. The Morgan fingerprint density at radius 1 is 1.14 bits per heavy atom. The van der Waals surface area contributed by atoms with Gasteiger partial charge in [-0.05, 0) is 50.4 Å². The van der Waals surface area contributed by atoms with Gasteiger partial charge in [0.15, 0.2) is 11.5 Å². The Kier molecular flexibility index (Phi) is 6.77. The quantitative estimate of drug-likeness (QED) is 0.227. The smallest absolute Gasteiger partial charge is 0.274 e. The third-order valence-corrected chi connectivity index (χ3v) is 5.83. The lowest BCUT2D eigenvalue weighted by Crippen LogP contribution is -2.26.